The van der Waals surface area contributed by atoms with Gasteiger partial charge in [-0.1, -0.05) is 75.4 Å². The third-order valence-electron chi connectivity index (χ3n) is 5.44. The van der Waals surface area contributed by atoms with Gasteiger partial charge in [-0.05, 0) is 46.6 Å². The maximum Gasteiger partial charge on any atom is 0.249 e. The summed E-state index contributed by atoms with van der Waals surface area (Å²) in [4.78, 5) is 0. The summed E-state index contributed by atoms with van der Waals surface area (Å²) in [5.74, 6) is 0. The van der Waals surface area contributed by atoms with Gasteiger partial charge in [0.1, 0.15) is 5.60 Å². The summed E-state index contributed by atoms with van der Waals surface area (Å²) in [7, 11) is -1.82. The summed E-state index contributed by atoms with van der Waals surface area (Å²) in [5, 5.41) is 13.7. The molecular formula is C24H32O2Si. The monoisotopic (exact) mass is 380 g/mol. The topological polar surface area (TPSA) is 29.5 Å². The summed E-state index contributed by atoms with van der Waals surface area (Å²) in [6, 6.07) is 14.1. The number of hydrogen-bond donors (Lipinski definition) is 1. The number of rotatable bonds is 7. The van der Waals surface area contributed by atoms with E-state index >= 15 is 0 Å². The Hall–Kier alpha value is -2.10. The van der Waals surface area contributed by atoms with Crippen LogP contribution in [0.1, 0.15) is 32.8 Å². The number of benzene rings is 2. The van der Waals surface area contributed by atoms with Gasteiger partial charge in [-0.25, -0.2) is 0 Å². The molecule has 0 spiro atoms. The van der Waals surface area contributed by atoms with Gasteiger partial charge in [0.2, 0.25) is 8.32 Å². The maximum atomic E-state index is 11.3. The van der Waals surface area contributed by atoms with E-state index in [2.05, 4.69) is 52.6 Å². The summed E-state index contributed by atoms with van der Waals surface area (Å²) in [5.41, 5.74) is -0.223. The van der Waals surface area contributed by atoms with Gasteiger partial charge in [0, 0.05) is 6.42 Å². The van der Waals surface area contributed by atoms with Gasteiger partial charge >= 0.3 is 0 Å². The van der Waals surface area contributed by atoms with E-state index < -0.39 is 13.9 Å². The van der Waals surface area contributed by atoms with Crippen molar-refractivity contribution < 1.29 is 9.53 Å². The first-order valence-electron chi connectivity index (χ1n) is 9.44. The van der Waals surface area contributed by atoms with Crippen LogP contribution in [0.15, 0.2) is 79.6 Å². The second-order valence-electron chi connectivity index (χ2n) is 8.51. The van der Waals surface area contributed by atoms with Crippen molar-refractivity contribution in [2.24, 2.45) is 0 Å². The summed E-state index contributed by atoms with van der Waals surface area (Å²) < 4.78 is 6.05. The maximum absolute atomic E-state index is 11.3. The van der Waals surface area contributed by atoms with Crippen LogP contribution in [0.25, 0.3) is 10.8 Å². The van der Waals surface area contributed by atoms with Crippen molar-refractivity contribution in [2.75, 3.05) is 0 Å². The minimum Gasteiger partial charge on any atom is -0.549 e. The lowest BCUT2D eigenvalue weighted by Gasteiger charge is -2.34. The van der Waals surface area contributed by atoms with Gasteiger partial charge in [0.25, 0.3) is 0 Å². The molecule has 2 nitrogen and oxygen atoms in total. The van der Waals surface area contributed by atoms with Crippen LogP contribution < -0.4 is 0 Å². The molecule has 2 rings (SSSR count). The van der Waals surface area contributed by atoms with Gasteiger partial charge < -0.3 is 9.53 Å². The molecule has 0 heterocycles. The average molecular weight is 381 g/mol. The standard InChI is InChI=1S/C24H32O2Si/c1-7-17-24(25,18-10-11-19-26-27(5,6)23(2,3)4)22-16-12-14-20-13-8-9-15-21(20)22/h7-16,18-19,25H,1,17H2,2-6H3/b18-10+,19-11+/t24-/m1/s1. The zero-order valence-electron chi connectivity index (χ0n) is 17.2. The van der Waals surface area contributed by atoms with Crippen LogP contribution in [0, 0.1) is 0 Å². The number of fused-ring (bicyclic) bond motifs is 1. The van der Waals surface area contributed by atoms with Crippen molar-refractivity contribution in [3.63, 3.8) is 0 Å². The number of allylic oxidation sites excluding steroid dienone is 2. The Morgan fingerprint density at radius 1 is 1.04 bits per heavy atom. The Morgan fingerprint density at radius 3 is 2.37 bits per heavy atom. The predicted molar refractivity (Wildman–Crippen MR) is 119 cm³/mol. The van der Waals surface area contributed by atoms with E-state index in [1.807, 2.05) is 48.6 Å². The van der Waals surface area contributed by atoms with E-state index in [0.29, 0.717) is 6.42 Å². The molecule has 0 saturated carbocycles. The molecule has 0 saturated heterocycles. The highest BCUT2D eigenvalue weighted by atomic mass is 28.4. The summed E-state index contributed by atoms with van der Waals surface area (Å²) in [6.45, 7) is 14.9. The average Bonchev–Trinajstić information content (AvgIpc) is 2.60. The highest BCUT2D eigenvalue weighted by molar-refractivity contribution is 6.74. The van der Waals surface area contributed by atoms with Crippen LogP contribution in [-0.2, 0) is 10.0 Å². The van der Waals surface area contributed by atoms with Crippen molar-refractivity contribution in [1.82, 2.24) is 0 Å². The third kappa shape index (κ3) is 4.99. The highest BCUT2D eigenvalue weighted by Gasteiger charge is 2.37. The normalized spacial score (nSPS) is 15.3. The molecule has 0 unspecified atom stereocenters. The fraction of sp³-hybridized carbons (Fsp3) is 0.333. The fourth-order valence-corrected chi connectivity index (χ4v) is 3.51. The largest absolute Gasteiger partial charge is 0.549 e. The molecule has 0 aliphatic rings. The highest BCUT2D eigenvalue weighted by Crippen LogP contribution is 2.37. The summed E-state index contributed by atoms with van der Waals surface area (Å²) >= 11 is 0. The lowest BCUT2D eigenvalue weighted by molar-refractivity contribution is 0.0945. The first kappa shape index (κ1) is 21.2. The molecule has 0 fully saturated rings. The first-order chi connectivity index (χ1) is 12.6. The van der Waals surface area contributed by atoms with Crippen LogP contribution >= 0.6 is 0 Å². The molecule has 0 radical (unpaired) electrons. The molecule has 0 bridgehead atoms. The second kappa shape index (κ2) is 8.28. The number of aliphatic hydroxyl groups is 1. The quantitative estimate of drug-likeness (QED) is 0.251. The molecule has 0 amide bonds. The van der Waals surface area contributed by atoms with Crippen LogP contribution in [0.4, 0.5) is 0 Å². The SMILES string of the molecule is C=CC[C@@](O)(/C=C/C=C/O[Si](C)(C)C(C)(C)C)c1cccc2ccccc12. The molecule has 2 aromatic carbocycles. The van der Waals surface area contributed by atoms with Gasteiger partial charge in [-0.3, -0.25) is 0 Å². The zero-order valence-corrected chi connectivity index (χ0v) is 18.2. The van der Waals surface area contributed by atoms with Crippen molar-refractivity contribution in [2.45, 2.75) is 50.9 Å². The molecule has 3 heteroatoms. The molecule has 144 valence electrons. The Bertz CT molecular complexity index is 838. The summed E-state index contributed by atoms with van der Waals surface area (Å²) in [6.07, 6.45) is 9.49. The van der Waals surface area contributed by atoms with E-state index in [1.54, 1.807) is 12.3 Å². The molecule has 1 N–H and O–H groups in total. The third-order valence-corrected chi connectivity index (χ3v) is 9.78. The minimum atomic E-state index is -1.82. The van der Waals surface area contributed by atoms with Crippen LogP contribution in [-0.4, -0.2) is 13.4 Å². The molecule has 0 aliphatic carbocycles. The van der Waals surface area contributed by atoms with Gasteiger partial charge in [-0.15, -0.1) is 6.58 Å². The molecule has 0 aliphatic heterocycles. The van der Waals surface area contributed by atoms with E-state index in [1.165, 1.54) is 0 Å². The predicted octanol–water partition coefficient (Wildman–Crippen LogP) is 6.70. The smallest absolute Gasteiger partial charge is 0.249 e. The lowest BCUT2D eigenvalue weighted by Crippen LogP contribution is -2.39. The Kier molecular flexibility index (Phi) is 6.50. The Labute approximate surface area is 165 Å². The second-order valence-corrected chi connectivity index (χ2v) is 13.3. The fourth-order valence-electron chi connectivity index (χ4n) is 2.74. The van der Waals surface area contributed by atoms with Crippen LogP contribution in [0.5, 0.6) is 0 Å². The molecule has 2 aromatic rings. The van der Waals surface area contributed by atoms with E-state index in [9.17, 15) is 5.11 Å². The van der Waals surface area contributed by atoms with Crippen molar-refractivity contribution >= 4 is 19.1 Å². The van der Waals surface area contributed by atoms with E-state index in [-0.39, 0.29) is 5.04 Å². The minimum absolute atomic E-state index is 0.160. The Morgan fingerprint density at radius 2 is 1.70 bits per heavy atom. The van der Waals surface area contributed by atoms with Crippen LogP contribution in [0.2, 0.25) is 18.1 Å². The van der Waals surface area contributed by atoms with E-state index in [4.69, 9.17) is 4.43 Å². The Balaban J connectivity index is 2.27. The molecule has 27 heavy (non-hydrogen) atoms. The lowest BCUT2D eigenvalue weighted by atomic mass is 9.86. The van der Waals surface area contributed by atoms with Crippen molar-refractivity contribution in [3.8, 4) is 0 Å². The van der Waals surface area contributed by atoms with Crippen LogP contribution in [0.3, 0.4) is 0 Å². The van der Waals surface area contributed by atoms with E-state index in [0.717, 1.165) is 16.3 Å². The van der Waals surface area contributed by atoms with Gasteiger partial charge in [-0.2, -0.15) is 0 Å². The molecule has 1 atom stereocenters. The molecule has 0 aromatic heterocycles. The van der Waals surface area contributed by atoms with Gasteiger partial charge in [0.05, 0.1) is 6.26 Å². The zero-order chi connectivity index (χ0) is 20.1. The molecular weight excluding hydrogens is 348 g/mol. The van der Waals surface area contributed by atoms with Gasteiger partial charge in [0.15, 0.2) is 0 Å². The van der Waals surface area contributed by atoms with Crippen molar-refractivity contribution in [3.05, 3.63) is 85.2 Å². The first-order valence-corrected chi connectivity index (χ1v) is 12.4. The number of hydrogen-bond acceptors (Lipinski definition) is 2. The van der Waals surface area contributed by atoms with Crippen molar-refractivity contribution in [1.29, 1.82) is 0 Å².